The van der Waals surface area contributed by atoms with Gasteiger partial charge in [-0.25, -0.2) is 0 Å². The van der Waals surface area contributed by atoms with Crippen LogP contribution in [0.2, 0.25) is 0 Å². The van der Waals surface area contributed by atoms with E-state index in [1.807, 2.05) is 20.8 Å². The molecule has 0 fully saturated rings. The first-order chi connectivity index (χ1) is 13.1. The number of carbonyl (C=O) groups excluding carboxylic acids is 1. The quantitative estimate of drug-likeness (QED) is 0.458. The van der Waals surface area contributed by atoms with E-state index in [-0.39, 0.29) is 23.2 Å². The number of hydrogen-bond acceptors (Lipinski definition) is 3. The zero-order chi connectivity index (χ0) is 21.1. The van der Waals surface area contributed by atoms with Crippen LogP contribution < -0.4 is 4.74 Å². The molecule has 0 aliphatic carbocycles. The summed E-state index contributed by atoms with van der Waals surface area (Å²) in [6.45, 7) is 17.3. The van der Waals surface area contributed by atoms with Crippen LogP contribution in [-0.4, -0.2) is 17.6 Å². The van der Waals surface area contributed by atoms with Crippen LogP contribution in [0.5, 0.6) is 5.75 Å². The second kappa shape index (κ2) is 9.07. The molecule has 0 saturated carbocycles. The topological polar surface area (TPSA) is 26.3 Å². The maximum Gasteiger partial charge on any atom is 0.175 e. The van der Waals surface area contributed by atoms with E-state index in [1.165, 1.54) is 12.0 Å². The molecule has 1 aromatic carbocycles. The minimum absolute atomic E-state index is 0.128. The first kappa shape index (κ1) is 23.1. The molecule has 0 radical (unpaired) electrons. The highest BCUT2D eigenvalue weighted by molar-refractivity contribution is 8.04. The molecule has 0 saturated heterocycles. The van der Waals surface area contributed by atoms with E-state index in [1.54, 1.807) is 10.5 Å². The lowest BCUT2D eigenvalue weighted by Gasteiger charge is -2.38. The van der Waals surface area contributed by atoms with Crippen LogP contribution in [0.4, 0.5) is 0 Å². The smallest absolute Gasteiger partial charge is 0.175 e. The molecule has 0 amide bonds. The third-order valence-corrected chi connectivity index (χ3v) is 8.22. The van der Waals surface area contributed by atoms with E-state index in [0.29, 0.717) is 5.25 Å². The summed E-state index contributed by atoms with van der Waals surface area (Å²) >= 11 is 2.10. The molecule has 0 aromatic heterocycles. The maximum atomic E-state index is 12.2. The third kappa shape index (κ3) is 4.67. The first-order valence-corrected chi connectivity index (χ1v) is 11.6. The third-order valence-electron chi connectivity index (χ3n) is 6.40. The molecule has 156 valence electrons. The molecular weight excluding hydrogens is 364 g/mol. The van der Waals surface area contributed by atoms with Gasteiger partial charge in [0.1, 0.15) is 12.4 Å². The van der Waals surface area contributed by atoms with Crippen molar-refractivity contribution in [3.63, 3.8) is 0 Å². The lowest BCUT2D eigenvalue weighted by molar-refractivity contribution is -0.128. The normalized spacial score (nSPS) is 17.9. The Balaban J connectivity index is 2.25. The van der Waals surface area contributed by atoms with E-state index in [2.05, 4.69) is 64.6 Å². The van der Waals surface area contributed by atoms with Crippen LogP contribution in [0.25, 0.3) is 0 Å². The van der Waals surface area contributed by atoms with Crippen molar-refractivity contribution in [2.24, 2.45) is 5.41 Å². The second-order valence-electron chi connectivity index (χ2n) is 9.17. The Morgan fingerprint density at radius 1 is 1.14 bits per heavy atom. The van der Waals surface area contributed by atoms with Gasteiger partial charge in [-0.1, -0.05) is 59.2 Å². The van der Waals surface area contributed by atoms with Crippen molar-refractivity contribution in [3.8, 4) is 5.75 Å². The molecule has 1 aromatic rings. The number of hydrogen-bond donors (Lipinski definition) is 0. The molecule has 3 heteroatoms. The van der Waals surface area contributed by atoms with Gasteiger partial charge in [-0.05, 0) is 61.6 Å². The Labute approximate surface area is 176 Å². The average molecular weight is 403 g/mol. The van der Waals surface area contributed by atoms with E-state index >= 15 is 0 Å². The summed E-state index contributed by atoms with van der Waals surface area (Å²) in [5.41, 5.74) is 3.91. The van der Waals surface area contributed by atoms with Crippen molar-refractivity contribution in [1.29, 1.82) is 0 Å². The van der Waals surface area contributed by atoms with Gasteiger partial charge in [0.2, 0.25) is 0 Å². The number of thioether (sulfide) groups is 1. The highest BCUT2D eigenvalue weighted by Gasteiger charge is 2.41. The number of rotatable bonds is 8. The Kier molecular flexibility index (Phi) is 7.47. The highest BCUT2D eigenvalue weighted by atomic mass is 32.2. The molecule has 2 nitrogen and oxygen atoms in total. The summed E-state index contributed by atoms with van der Waals surface area (Å²) in [6.07, 6.45) is 4.60. The van der Waals surface area contributed by atoms with Gasteiger partial charge in [0, 0.05) is 16.1 Å². The lowest BCUT2D eigenvalue weighted by atomic mass is 9.71. The standard InChI is InChI=1S/C25H38O2S/c1-9-21-18(5)15-23(28-21)25(10-2,11-3)19-12-13-20(17(4)14-19)27-16-22(26)24(6,7)8/h12-14,23H,9-11,15-16H2,1-8H3. The number of ketones is 1. The summed E-state index contributed by atoms with van der Waals surface area (Å²) in [5, 5.41) is 0.603. The zero-order valence-electron chi connectivity index (χ0n) is 19.1. The van der Waals surface area contributed by atoms with Gasteiger partial charge < -0.3 is 4.74 Å². The van der Waals surface area contributed by atoms with Crippen molar-refractivity contribution in [2.75, 3.05) is 6.61 Å². The SMILES string of the molecule is CCC1=C(C)CC(C(CC)(CC)c2ccc(OCC(=O)C(C)(C)C)c(C)c2)S1. The molecule has 28 heavy (non-hydrogen) atoms. The lowest BCUT2D eigenvalue weighted by Crippen LogP contribution is -2.35. The van der Waals surface area contributed by atoms with Crippen molar-refractivity contribution < 1.29 is 9.53 Å². The monoisotopic (exact) mass is 402 g/mol. The minimum Gasteiger partial charge on any atom is -0.486 e. The Hall–Kier alpha value is -1.22. The molecule has 0 N–H and O–H groups in total. The summed E-state index contributed by atoms with van der Waals surface area (Å²) < 4.78 is 5.87. The minimum atomic E-state index is -0.366. The zero-order valence-corrected chi connectivity index (χ0v) is 19.9. The number of carbonyl (C=O) groups is 1. The fourth-order valence-corrected chi connectivity index (χ4v) is 6.00. The Bertz CT molecular complexity index is 735. The summed E-state index contributed by atoms with van der Waals surface area (Å²) in [4.78, 5) is 13.8. The average Bonchev–Trinajstić information content (AvgIpc) is 3.02. The number of allylic oxidation sites excluding steroid dienone is 2. The van der Waals surface area contributed by atoms with Crippen LogP contribution in [0.15, 0.2) is 28.7 Å². The van der Waals surface area contributed by atoms with Crippen molar-refractivity contribution >= 4 is 17.5 Å². The Morgan fingerprint density at radius 2 is 1.79 bits per heavy atom. The molecule has 1 unspecified atom stereocenters. The van der Waals surface area contributed by atoms with Crippen LogP contribution >= 0.6 is 11.8 Å². The Morgan fingerprint density at radius 3 is 2.25 bits per heavy atom. The summed E-state index contributed by atoms with van der Waals surface area (Å²) in [7, 11) is 0. The predicted octanol–water partition coefficient (Wildman–Crippen LogP) is 7.24. The second-order valence-corrected chi connectivity index (χ2v) is 10.5. The predicted molar refractivity (Wildman–Crippen MR) is 122 cm³/mol. The first-order valence-electron chi connectivity index (χ1n) is 10.7. The van der Waals surface area contributed by atoms with Crippen molar-refractivity contribution in [3.05, 3.63) is 39.8 Å². The molecular formula is C25H38O2S. The van der Waals surface area contributed by atoms with Gasteiger partial charge in [0.25, 0.3) is 0 Å². The molecule has 1 aliphatic heterocycles. The van der Waals surface area contributed by atoms with Crippen molar-refractivity contribution in [1.82, 2.24) is 0 Å². The molecule has 1 aliphatic rings. The maximum absolute atomic E-state index is 12.2. The highest BCUT2D eigenvalue weighted by Crippen LogP contribution is 2.51. The molecule has 1 atom stereocenters. The van der Waals surface area contributed by atoms with Gasteiger partial charge in [0.05, 0.1) is 0 Å². The fraction of sp³-hybridized carbons (Fsp3) is 0.640. The van der Waals surface area contributed by atoms with Gasteiger partial charge in [-0.2, -0.15) is 0 Å². The van der Waals surface area contributed by atoms with Gasteiger partial charge >= 0.3 is 0 Å². The largest absolute Gasteiger partial charge is 0.486 e. The summed E-state index contributed by atoms with van der Waals surface area (Å²) in [5.74, 6) is 0.952. The van der Waals surface area contributed by atoms with E-state index in [4.69, 9.17) is 4.74 Å². The molecule has 2 rings (SSSR count). The van der Waals surface area contributed by atoms with Crippen LogP contribution in [-0.2, 0) is 10.2 Å². The molecule has 0 spiro atoms. The van der Waals surface area contributed by atoms with Crippen LogP contribution in [0.1, 0.15) is 85.3 Å². The number of ether oxygens (including phenoxy) is 1. The van der Waals surface area contributed by atoms with E-state index in [9.17, 15) is 4.79 Å². The summed E-state index contributed by atoms with van der Waals surface area (Å²) in [6, 6.07) is 6.60. The van der Waals surface area contributed by atoms with E-state index < -0.39 is 0 Å². The number of benzene rings is 1. The number of aryl methyl sites for hydroxylation is 1. The van der Waals surface area contributed by atoms with Crippen LogP contribution in [0, 0.1) is 12.3 Å². The fourth-order valence-electron chi connectivity index (χ4n) is 4.18. The molecule has 0 bridgehead atoms. The van der Waals surface area contributed by atoms with Gasteiger partial charge in [-0.3, -0.25) is 4.79 Å². The van der Waals surface area contributed by atoms with Gasteiger partial charge in [-0.15, -0.1) is 11.8 Å². The van der Waals surface area contributed by atoms with Gasteiger partial charge in [0.15, 0.2) is 5.78 Å². The van der Waals surface area contributed by atoms with Crippen molar-refractivity contribution in [2.45, 2.75) is 91.7 Å². The van der Waals surface area contributed by atoms with E-state index in [0.717, 1.165) is 30.6 Å². The number of Topliss-reactive ketones (excluding diaryl/α,β-unsaturated/α-hetero) is 1. The van der Waals surface area contributed by atoms with Crippen LogP contribution in [0.3, 0.4) is 0 Å². The molecule has 1 heterocycles.